The summed E-state index contributed by atoms with van der Waals surface area (Å²) in [6.45, 7) is 4.23. The van der Waals surface area contributed by atoms with Gasteiger partial charge in [0.2, 0.25) is 0 Å². The fraction of sp³-hybridized carbons (Fsp3) is 0.294. The van der Waals surface area contributed by atoms with E-state index in [1.807, 2.05) is 24.3 Å². The van der Waals surface area contributed by atoms with Gasteiger partial charge >= 0.3 is 0 Å². The normalized spacial score (nSPS) is 13.7. The molecule has 0 amide bonds. The Morgan fingerprint density at radius 1 is 1.00 bits per heavy atom. The molecule has 2 N–H and O–H groups in total. The SMILES string of the molecule is COc1cc(C(C)N[C@H](C)c2ccc(Br)cc2)ccc1O. The van der Waals surface area contributed by atoms with Crippen molar-refractivity contribution in [1.82, 2.24) is 5.32 Å². The van der Waals surface area contributed by atoms with Crippen LogP contribution >= 0.6 is 15.9 Å². The predicted octanol–water partition coefficient (Wildman–Crippen LogP) is 4.58. The lowest BCUT2D eigenvalue weighted by atomic mass is 10.0. The zero-order valence-corrected chi connectivity index (χ0v) is 14.0. The maximum Gasteiger partial charge on any atom is 0.160 e. The second-order valence-corrected chi connectivity index (χ2v) is 6.01. The van der Waals surface area contributed by atoms with Crippen LogP contribution in [0.5, 0.6) is 11.5 Å². The third-order valence-corrected chi connectivity index (χ3v) is 4.10. The Morgan fingerprint density at radius 3 is 2.19 bits per heavy atom. The monoisotopic (exact) mass is 349 g/mol. The predicted molar refractivity (Wildman–Crippen MR) is 88.8 cm³/mol. The number of phenolic OH excluding ortho intramolecular Hbond substituents is 1. The zero-order valence-electron chi connectivity index (χ0n) is 12.4. The molecule has 0 saturated carbocycles. The molecule has 2 rings (SSSR count). The van der Waals surface area contributed by atoms with Crippen LogP contribution < -0.4 is 10.1 Å². The molecule has 0 aliphatic rings. The molecule has 0 bridgehead atoms. The largest absolute Gasteiger partial charge is 0.504 e. The Bertz CT molecular complexity index is 598. The van der Waals surface area contributed by atoms with E-state index < -0.39 is 0 Å². The second-order valence-electron chi connectivity index (χ2n) is 5.09. The smallest absolute Gasteiger partial charge is 0.160 e. The number of phenols is 1. The molecule has 0 radical (unpaired) electrons. The van der Waals surface area contributed by atoms with Crippen molar-refractivity contribution in [3.63, 3.8) is 0 Å². The average Bonchev–Trinajstić information content (AvgIpc) is 2.48. The van der Waals surface area contributed by atoms with Crippen LogP contribution in [-0.4, -0.2) is 12.2 Å². The maximum atomic E-state index is 9.65. The van der Waals surface area contributed by atoms with Gasteiger partial charge in [-0.2, -0.15) is 0 Å². The van der Waals surface area contributed by atoms with Crippen molar-refractivity contribution >= 4 is 15.9 Å². The number of hydrogen-bond donors (Lipinski definition) is 2. The average molecular weight is 350 g/mol. The van der Waals surface area contributed by atoms with Crippen molar-refractivity contribution in [2.45, 2.75) is 25.9 Å². The van der Waals surface area contributed by atoms with Crippen molar-refractivity contribution in [3.05, 3.63) is 58.1 Å². The zero-order chi connectivity index (χ0) is 15.4. The minimum absolute atomic E-state index is 0.151. The fourth-order valence-electron chi connectivity index (χ4n) is 2.28. The van der Waals surface area contributed by atoms with Crippen molar-refractivity contribution in [1.29, 1.82) is 0 Å². The Kier molecular flexibility index (Phi) is 5.26. The van der Waals surface area contributed by atoms with Crippen LogP contribution in [0.4, 0.5) is 0 Å². The fourth-order valence-corrected chi connectivity index (χ4v) is 2.55. The van der Waals surface area contributed by atoms with E-state index in [1.54, 1.807) is 13.2 Å². The van der Waals surface area contributed by atoms with Gasteiger partial charge in [0.05, 0.1) is 7.11 Å². The molecule has 2 aromatic rings. The summed E-state index contributed by atoms with van der Waals surface area (Å²) in [6.07, 6.45) is 0. The molecule has 2 atom stereocenters. The van der Waals surface area contributed by atoms with E-state index in [0.717, 1.165) is 10.0 Å². The van der Waals surface area contributed by atoms with Gasteiger partial charge in [-0.05, 0) is 49.2 Å². The number of rotatable bonds is 5. The second kappa shape index (κ2) is 6.96. The molecular formula is C17H20BrNO2. The number of hydrogen-bond acceptors (Lipinski definition) is 3. The van der Waals surface area contributed by atoms with Gasteiger partial charge in [0.15, 0.2) is 11.5 Å². The van der Waals surface area contributed by atoms with Crippen molar-refractivity contribution in [2.24, 2.45) is 0 Å². The maximum absolute atomic E-state index is 9.65. The molecule has 0 saturated heterocycles. The number of halogens is 1. The van der Waals surface area contributed by atoms with Gasteiger partial charge in [0.1, 0.15) is 0 Å². The number of aromatic hydroxyl groups is 1. The number of ether oxygens (including phenoxy) is 1. The summed E-state index contributed by atoms with van der Waals surface area (Å²) in [5.74, 6) is 0.659. The summed E-state index contributed by atoms with van der Waals surface area (Å²) >= 11 is 3.45. The summed E-state index contributed by atoms with van der Waals surface area (Å²) in [4.78, 5) is 0. The quantitative estimate of drug-likeness (QED) is 0.830. The van der Waals surface area contributed by atoms with Gasteiger partial charge in [-0.3, -0.25) is 0 Å². The number of nitrogens with one attached hydrogen (secondary N) is 1. The molecule has 0 spiro atoms. The summed E-state index contributed by atoms with van der Waals surface area (Å²) in [5.41, 5.74) is 2.31. The van der Waals surface area contributed by atoms with E-state index in [1.165, 1.54) is 5.56 Å². The minimum atomic E-state index is 0.151. The number of methoxy groups -OCH3 is 1. The van der Waals surface area contributed by atoms with Gasteiger partial charge in [0.25, 0.3) is 0 Å². The van der Waals surface area contributed by atoms with Crippen LogP contribution in [0.25, 0.3) is 0 Å². The van der Waals surface area contributed by atoms with Gasteiger partial charge in [-0.15, -0.1) is 0 Å². The third kappa shape index (κ3) is 3.99. The first-order valence-corrected chi connectivity index (χ1v) is 7.69. The molecule has 2 aromatic carbocycles. The van der Waals surface area contributed by atoms with Gasteiger partial charge in [-0.25, -0.2) is 0 Å². The minimum Gasteiger partial charge on any atom is -0.504 e. The van der Waals surface area contributed by atoms with E-state index in [-0.39, 0.29) is 17.8 Å². The van der Waals surface area contributed by atoms with E-state index >= 15 is 0 Å². The molecule has 0 fully saturated rings. The van der Waals surface area contributed by atoms with E-state index in [9.17, 15) is 5.11 Å². The van der Waals surface area contributed by atoms with Gasteiger partial charge in [-0.1, -0.05) is 34.1 Å². The van der Waals surface area contributed by atoms with E-state index in [2.05, 4.69) is 47.2 Å². The standard InChI is InChI=1S/C17H20BrNO2/c1-11(13-4-7-15(18)8-5-13)19-12(2)14-6-9-16(20)17(10-14)21-3/h4-12,19-20H,1-3H3/t11-,12?/m1/s1. The van der Waals surface area contributed by atoms with Crippen molar-refractivity contribution in [3.8, 4) is 11.5 Å². The van der Waals surface area contributed by atoms with Crippen LogP contribution in [0.1, 0.15) is 37.1 Å². The van der Waals surface area contributed by atoms with Crippen LogP contribution in [0, 0.1) is 0 Å². The first-order valence-electron chi connectivity index (χ1n) is 6.89. The Hall–Kier alpha value is -1.52. The van der Waals surface area contributed by atoms with Crippen LogP contribution in [0.3, 0.4) is 0 Å². The first-order chi connectivity index (χ1) is 10.0. The molecule has 21 heavy (non-hydrogen) atoms. The van der Waals surface area contributed by atoms with Crippen LogP contribution in [0.15, 0.2) is 46.9 Å². The summed E-state index contributed by atoms with van der Waals surface area (Å²) < 4.78 is 6.23. The highest BCUT2D eigenvalue weighted by Gasteiger charge is 2.13. The van der Waals surface area contributed by atoms with Crippen molar-refractivity contribution in [2.75, 3.05) is 7.11 Å². The summed E-state index contributed by atoms with van der Waals surface area (Å²) in [7, 11) is 1.56. The lowest BCUT2D eigenvalue weighted by Crippen LogP contribution is -2.22. The highest BCUT2D eigenvalue weighted by Crippen LogP contribution is 2.29. The van der Waals surface area contributed by atoms with Crippen molar-refractivity contribution < 1.29 is 9.84 Å². The Morgan fingerprint density at radius 2 is 1.57 bits per heavy atom. The lowest BCUT2D eigenvalue weighted by molar-refractivity contribution is 0.371. The van der Waals surface area contributed by atoms with Gasteiger partial charge in [0, 0.05) is 16.6 Å². The number of benzene rings is 2. The molecule has 0 aliphatic heterocycles. The molecule has 4 heteroatoms. The molecule has 0 aromatic heterocycles. The summed E-state index contributed by atoms with van der Waals surface area (Å²) in [5, 5.41) is 13.2. The molecule has 1 unspecified atom stereocenters. The van der Waals surface area contributed by atoms with Gasteiger partial charge < -0.3 is 15.2 Å². The van der Waals surface area contributed by atoms with Crippen LogP contribution in [0.2, 0.25) is 0 Å². The molecule has 3 nitrogen and oxygen atoms in total. The summed E-state index contributed by atoms with van der Waals surface area (Å²) in [6, 6.07) is 14.1. The van der Waals surface area contributed by atoms with Crippen LogP contribution in [-0.2, 0) is 0 Å². The first kappa shape index (κ1) is 15.9. The third-order valence-electron chi connectivity index (χ3n) is 3.57. The Labute approximate surface area is 134 Å². The molecule has 0 heterocycles. The Balaban J connectivity index is 2.10. The topological polar surface area (TPSA) is 41.5 Å². The molecule has 0 aliphatic carbocycles. The molecular weight excluding hydrogens is 330 g/mol. The highest BCUT2D eigenvalue weighted by molar-refractivity contribution is 9.10. The van der Waals surface area contributed by atoms with E-state index in [0.29, 0.717) is 5.75 Å². The molecule has 112 valence electrons. The van der Waals surface area contributed by atoms with E-state index in [4.69, 9.17) is 4.74 Å². The lowest BCUT2D eigenvalue weighted by Gasteiger charge is -2.21. The highest BCUT2D eigenvalue weighted by atomic mass is 79.9.